The fourth-order valence-electron chi connectivity index (χ4n) is 2.83. The number of pyridine rings is 1. The van der Waals surface area contributed by atoms with Crippen molar-refractivity contribution in [1.29, 1.82) is 0 Å². The zero-order valence-electron chi connectivity index (χ0n) is 12.4. The number of carbonyl (C=O) groups is 1. The number of hydrogen-bond acceptors (Lipinski definition) is 4. The topological polar surface area (TPSA) is 70.7 Å². The molecular weight excluding hydrogens is 320 g/mol. The van der Waals surface area contributed by atoms with Crippen LogP contribution >= 0.6 is 23.4 Å². The van der Waals surface area contributed by atoms with Crippen LogP contribution in [0.15, 0.2) is 17.4 Å². The van der Waals surface area contributed by atoms with Gasteiger partial charge in [0.25, 0.3) is 0 Å². The number of halogens is 1. The van der Waals surface area contributed by atoms with Gasteiger partial charge in [-0.2, -0.15) is 0 Å². The molecule has 22 heavy (non-hydrogen) atoms. The number of fused-ring (bicyclic) bond motifs is 1. The Morgan fingerprint density at radius 3 is 3.14 bits per heavy atom. The Morgan fingerprint density at radius 2 is 2.32 bits per heavy atom. The van der Waals surface area contributed by atoms with Crippen LogP contribution in [0.3, 0.4) is 0 Å². The molecule has 2 N–H and O–H groups in total. The van der Waals surface area contributed by atoms with Crippen molar-refractivity contribution in [3.05, 3.63) is 17.3 Å². The molecule has 0 radical (unpaired) electrons. The SMILES string of the molecule is C[C@@H]1CCCC[C@@H]1NC(=O)CSc1nc2ncc(Cl)cc2[nH]1. The number of nitrogens with one attached hydrogen (secondary N) is 2. The number of thioether (sulfide) groups is 1. The quantitative estimate of drug-likeness (QED) is 0.838. The van der Waals surface area contributed by atoms with Gasteiger partial charge in [-0.1, -0.05) is 43.1 Å². The van der Waals surface area contributed by atoms with Gasteiger partial charge >= 0.3 is 0 Å². The highest BCUT2D eigenvalue weighted by atomic mass is 35.5. The third kappa shape index (κ3) is 3.73. The number of rotatable bonds is 4. The molecule has 1 aliphatic carbocycles. The lowest BCUT2D eigenvalue weighted by Crippen LogP contribution is -2.41. The fraction of sp³-hybridized carbons (Fsp3) is 0.533. The molecule has 5 nitrogen and oxygen atoms in total. The normalized spacial score (nSPS) is 21.9. The van der Waals surface area contributed by atoms with Crippen LogP contribution in [0.5, 0.6) is 0 Å². The molecule has 1 saturated carbocycles. The standard InChI is InChI=1S/C15H19ClN4OS/c1-9-4-2-3-5-11(9)18-13(21)8-22-15-19-12-6-10(16)7-17-14(12)20-15/h6-7,9,11H,2-5,8H2,1H3,(H,18,21)(H,17,19,20)/t9-,11+/m1/s1. The molecule has 0 saturated heterocycles. The van der Waals surface area contributed by atoms with Crippen molar-refractivity contribution in [2.24, 2.45) is 5.92 Å². The molecule has 0 unspecified atom stereocenters. The molecule has 2 aromatic rings. The fourth-order valence-corrected chi connectivity index (χ4v) is 3.68. The molecule has 2 heterocycles. The molecule has 2 aromatic heterocycles. The summed E-state index contributed by atoms with van der Waals surface area (Å²) in [6, 6.07) is 2.10. The molecule has 1 aliphatic rings. The van der Waals surface area contributed by atoms with E-state index in [1.807, 2.05) is 0 Å². The number of amides is 1. The molecule has 0 bridgehead atoms. The monoisotopic (exact) mass is 338 g/mol. The Labute approximate surface area is 138 Å². The average Bonchev–Trinajstić information content (AvgIpc) is 2.89. The molecule has 0 spiro atoms. The third-order valence-corrected chi connectivity index (χ3v) is 5.16. The summed E-state index contributed by atoms with van der Waals surface area (Å²) in [5.41, 5.74) is 1.41. The second-order valence-electron chi connectivity index (χ2n) is 5.79. The summed E-state index contributed by atoms with van der Waals surface area (Å²) < 4.78 is 0. The van der Waals surface area contributed by atoms with E-state index in [0.29, 0.717) is 33.5 Å². The maximum atomic E-state index is 12.1. The van der Waals surface area contributed by atoms with Gasteiger partial charge in [-0.3, -0.25) is 4.79 Å². The summed E-state index contributed by atoms with van der Waals surface area (Å²) in [6.07, 6.45) is 6.34. The van der Waals surface area contributed by atoms with Crippen molar-refractivity contribution in [2.45, 2.75) is 43.8 Å². The van der Waals surface area contributed by atoms with Gasteiger partial charge in [-0.15, -0.1) is 0 Å². The number of hydrogen-bond donors (Lipinski definition) is 2. The van der Waals surface area contributed by atoms with Gasteiger partial charge in [0, 0.05) is 12.2 Å². The smallest absolute Gasteiger partial charge is 0.230 e. The number of carbonyl (C=O) groups excluding carboxylic acids is 1. The minimum atomic E-state index is 0.0650. The summed E-state index contributed by atoms with van der Waals surface area (Å²) in [6.45, 7) is 2.21. The average molecular weight is 339 g/mol. The van der Waals surface area contributed by atoms with Crippen LogP contribution in [0.1, 0.15) is 32.6 Å². The van der Waals surface area contributed by atoms with Gasteiger partial charge < -0.3 is 10.3 Å². The maximum Gasteiger partial charge on any atom is 0.230 e. The van der Waals surface area contributed by atoms with Crippen molar-refractivity contribution in [1.82, 2.24) is 20.3 Å². The summed E-state index contributed by atoms with van der Waals surface area (Å²) in [7, 11) is 0. The van der Waals surface area contributed by atoms with E-state index in [1.165, 1.54) is 31.0 Å². The van der Waals surface area contributed by atoms with E-state index < -0.39 is 0 Å². The van der Waals surface area contributed by atoms with Crippen molar-refractivity contribution in [3.8, 4) is 0 Å². The lowest BCUT2D eigenvalue weighted by atomic mass is 9.86. The number of aromatic nitrogens is 3. The van der Waals surface area contributed by atoms with Gasteiger partial charge in [-0.05, 0) is 24.8 Å². The third-order valence-electron chi connectivity index (χ3n) is 4.08. The largest absolute Gasteiger partial charge is 0.352 e. The second-order valence-corrected chi connectivity index (χ2v) is 7.19. The van der Waals surface area contributed by atoms with Crippen molar-refractivity contribution < 1.29 is 4.79 Å². The van der Waals surface area contributed by atoms with Gasteiger partial charge in [0.1, 0.15) is 0 Å². The molecule has 1 amide bonds. The minimum Gasteiger partial charge on any atom is -0.352 e. The molecule has 0 aliphatic heterocycles. The summed E-state index contributed by atoms with van der Waals surface area (Å²) in [4.78, 5) is 23.7. The molecule has 118 valence electrons. The van der Waals surface area contributed by atoms with Gasteiger partial charge in [0.15, 0.2) is 10.8 Å². The predicted molar refractivity (Wildman–Crippen MR) is 89.2 cm³/mol. The Balaban J connectivity index is 1.55. The van der Waals surface area contributed by atoms with E-state index in [9.17, 15) is 4.79 Å². The van der Waals surface area contributed by atoms with Gasteiger partial charge in [0.05, 0.1) is 16.3 Å². The van der Waals surface area contributed by atoms with E-state index in [1.54, 1.807) is 12.3 Å². The molecule has 7 heteroatoms. The summed E-state index contributed by atoms with van der Waals surface area (Å²) >= 11 is 7.28. The zero-order chi connectivity index (χ0) is 15.5. The molecule has 1 fully saturated rings. The van der Waals surface area contributed by atoms with E-state index in [0.717, 1.165) is 11.9 Å². The lowest BCUT2D eigenvalue weighted by Gasteiger charge is -2.29. The summed E-state index contributed by atoms with van der Waals surface area (Å²) in [5, 5.41) is 4.40. The molecular formula is C15H19ClN4OS. The first-order valence-electron chi connectivity index (χ1n) is 7.55. The Morgan fingerprint density at radius 1 is 1.50 bits per heavy atom. The van der Waals surface area contributed by atoms with Gasteiger partial charge in [-0.25, -0.2) is 9.97 Å². The Bertz CT molecular complexity index is 675. The maximum absolute atomic E-state index is 12.1. The first-order valence-corrected chi connectivity index (χ1v) is 8.91. The highest BCUT2D eigenvalue weighted by Gasteiger charge is 2.22. The Kier molecular flexibility index (Phi) is 4.88. The van der Waals surface area contributed by atoms with Crippen LogP contribution < -0.4 is 5.32 Å². The van der Waals surface area contributed by atoms with Crippen molar-refractivity contribution in [2.75, 3.05) is 5.75 Å². The van der Waals surface area contributed by atoms with Gasteiger partial charge in [0.2, 0.25) is 5.91 Å². The molecule has 3 rings (SSSR count). The van der Waals surface area contributed by atoms with E-state index in [-0.39, 0.29) is 5.91 Å². The lowest BCUT2D eigenvalue weighted by molar-refractivity contribution is -0.119. The van der Waals surface area contributed by atoms with Crippen LogP contribution in [-0.2, 0) is 4.79 Å². The van der Waals surface area contributed by atoms with Crippen LogP contribution in [-0.4, -0.2) is 32.7 Å². The van der Waals surface area contributed by atoms with Crippen molar-refractivity contribution in [3.63, 3.8) is 0 Å². The summed E-state index contributed by atoms with van der Waals surface area (Å²) in [5.74, 6) is 0.993. The van der Waals surface area contributed by atoms with E-state index in [4.69, 9.17) is 11.6 Å². The van der Waals surface area contributed by atoms with E-state index in [2.05, 4.69) is 27.2 Å². The van der Waals surface area contributed by atoms with E-state index >= 15 is 0 Å². The first kappa shape index (κ1) is 15.6. The second kappa shape index (κ2) is 6.87. The predicted octanol–water partition coefficient (Wildman–Crippen LogP) is 3.40. The highest BCUT2D eigenvalue weighted by Crippen LogP contribution is 2.24. The number of imidazole rings is 1. The number of aromatic amines is 1. The van der Waals surface area contributed by atoms with Crippen LogP contribution in [0.2, 0.25) is 5.02 Å². The van der Waals surface area contributed by atoms with Crippen molar-refractivity contribution >= 4 is 40.4 Å². The molecule has 0 aromatic carbocycles. The van der Waals surface area contributed by atoms with Crippen LogP contribution in [0.25, 0.3) is 11.2 Å². The van der Waals surface area contributed by atoms with Crippen LogP contribution in [0, 0.1) is 5.92 Å². The highest BCUT2D eigenvalue weighted by molar-refractivity contribution is 7.99. The van der Waals surface area contributed by atoms with Crippen LogP contribution in [0.4, 0.5) is 0 Å². The molecule has 2 atom stereocenters. The number of H-pyrrole nitrogens is 1. The number of nitrogens with zero attached hydrogens (tertiary/aromatic N) is 2. The Hall–Kier alpha value is -1.27. The minimum absolute atomic E-state index is 0.0650. The zero-order valence-corrected chi connectivity index (χ0v) is 14.0. The first-order chi connectivity index (χ1) is 10.6.